The number of aryl methyl sites for hydroxylation is 1. The van der Waals surface area contributed by atoms with Gasteiger partial charge >= 0.3 is 0 Å². The van der Waals surface area contributed by atoms with Gasteiger partial charge in [0.25, 0.3) is 0 Å². The molecule has 0 saturated heterocycles. The summed E-state index contributed by atoms with van der Waals surface area (Å²) in [5.74, 6) is -0.0440. The lowest BCUT2D eigenvalue weighted by Gasteiger charge is -2.22. The van der Waals surface area contributed by atoms with Crippen molar-refractivity contribution < 1.29 is 4.79 Å². The molecule has 1 amide bonds. The molecule has 1 unspecified atom stereocenters. The molecule has 1 aromatic heterocycles. The summed E-state index contributed by atoms with van der Waals surface area (Å²) in [5.41, 5.74) is 8.29. The first-order chi connectivity index (χ1) is 10.2. The van der Waals surface area contributed by atoms with Crippen LogP contribution < -0.4 is 11.1 Å². The maximum absolute atomic E-state index is 12.6. The molecule has 3 N–H and O–H groups in total. The van der Waals surface area contributed by atoms with Gasteiger partial charge < -0.3 is 11.1 Å². The van der Waals surface area contributed by atoms with E-state index in [-0.39, 0.29) is 11.8 Å². The number of thiophene rings is 1. The van der Waals surface area contributed by atoms with Crippen LogP contribution in [0.2, 0.25) is 0 Å². The molecule has 1 atom stereocenters. The summed E-state index contributed by atoms with van der Waals surface area (Å²) < 4.78 is 0. The number of thiocarbonyl (C=S) groups is 1. The number of benzene rings is 1. The average Bonchev–Trinajstić information content (AvgIpc) is 2.95. The minimum absolute atomic E-state index is 0.0260. The smallest absolute Gasteiger partial charge is 0.231 e. The van der Waals surface area contributed by atoms with Crippen LogP contribution in [-0.4, -0.2) is 10.9 Å². The SMILES string of the molecule is NC(=S)c1ccccc1NC(=O)C1CCCc2sccc21. The van der Waals surface area contributed by atoms with E-state index in [2.05, 4.69) is 16.8 Å². The van der Waals surface area contributed by atoms with Crippen LogP contribution in [0, 0.1) is 0 Å². The molecular formula is C16H16N2OS2. The zero-order chi connectivity index (χ0) is 14.8. The van der Waals surface area contributed by atoms with E-state index in [0.717, 1.165) is 19.3 Å². The van der Waals surface area contributed by atoms with Crippen molar-refractivity contribution in [2.24, 2.45) is 5.73 Å². The maximum atomic E-state index is 12.6. The van der Waals surface area contributed by atoms with E-state index in [1.54, 1.807) is 11.3 Å². The van der Waals surface area contributed by atoms with E-state index < -0.39 is 0 Å². The quantitative estimate of drug-likeness (QED) is 0.853. The summed E-state index contributed by atoms with van der Waals surface area (Å²) in [4.78, 5) is 14.2. The Morgan fingerprint density at radius 1 is 1.33 bits per heavy atom. The fraction of sp³-hybridized carbons (Fsp3) is 0.250. The van der Waals surface area contributed by atoms with Crippen LogP contribution in [0.15, 0.2) is 35.7 Å². The van der Waals surface area contributed by atoms with Crippen molar-refractivity contribution in [1.82, 2.24) is 0 Å². The highest BCUT2D eigenvalue weighted by molar-refractivity contribution is 7.80. The molecule has 0 radical (unpaired) electrons. The van der Waals surface area contributed by atoms with Gasteiger partial charge in [-0.2, -0.15) is 0 Å². The van der Waals surface area contributed by atoms with E-state index in [1.807, 2.05) is 24.3 Å². The lowest BCUT2D eigenvalue weighted by atomic mass is 9.87. The standard InChI is InChI=1S/C16H16N2OS2/c17-15(20)12-4-1-2-6-13(12)18-16(19)11-5-3-7-14-10(11)8-9-21-14/h1-2,4,6,8-9,11H,3,5,7H2,(H2,17,20)(H,18,19). The van der Waals surface area contributed by atoms with Crippen molar-refractivity contribution in [3.63, 3.8) is 0 Å². The van der Waals surface area contributed by atoms with Crippen LogP contribution in [-0.2, 0) is 11.2 Å². The molecule has 0 spiro atoms. The Bertz CT molecular complexity index is 693. The van der Waals surface area contributed by atoms with Gasteiger partial charge in [0.05, 0.1) is 11.6 Å². The summed E-state index contributed by atoms with van der Waals surface area (Å²) >= 11 is 6.78. The number of nitrogens with one attached hydrogen (secondary N) is 1. The summed E-state index contributed by atoms with van der Waals surface area (Å²) in [6, 6.07) is 9.47. The highest BCUT2D eigenvalue weighted by atomic mass is 32.1. The normalized spacial score (nSPS) is 17.0. The Kier molecular flexibility index (Phi) is 4.03. The minimum atomic E-state index is -0.0700. The van der Waals surface area contributed by atoms with E-state index in [9.17, 15) is 4.79 Å². The lowest BCUT2D eigenvalue weighted by Crippen LogP contribution is -2.25. The molecule has 0 aliphatic heterocycles. The molecule has 1 aliphatic rings. The molecule has 0 saturated carbocycles. The number of para-hydroxylation sites is 1. The number of fused-ring (bicyclic) bond motifs is 1. The molecule has 1 heterocycles. The zero-order valence-electron chi connectivity index (χ0n) is 11.5. The van der Waals surface area contributed by atoms with Gasteiger partial charge in [0.2, 0.25) is 5.91 Å². The first kappa shape index (κ1) is 14.2. The van der Waals surface area contributed by atoms with Crippen molar-refractivity contribution in [3.8, 4) is 0 Å². The van der Waals surface area contributed by atoms with Crippen molar-refractivity contribution in [1.29, 1.82) is 0 Å². The highest BCUT2D eigenvalue weighted by Gasteiger charge is 2.27. The van der Waals surface area contributed by atoms with Crippen LogP contribution >= 0.6 is 23.6 Å². The Morgan fingerprint density at radius 3 is 2.95 bits per heavy atom. The van der Waals surface area contributed by atoms with Gasteiger partial charge in [-0.05, 0) is 48.4 Å². The number of hydrogen-bond donors (Lipinski definition) is 2. The Hall–Kier alpha value is -1.72. The Labute approximate surface area is 133 Å². The second-order valence-electron chi connectivity index (χ2n) is 5.14. The lowest BCUT2D eigenvalue weighted by molar-refractivity contribution is -0.117. The first-order valence-electron chi connectivity index (χ1n) is 6.93. The van der Waals surface area contributed by atoms with Crippen LogP contribution in [0.5, 0.6) is 0 Å². The van der Waals surface area contributed by atoms with Gasteiger partial charge in [-0.25, -0.2) is 0 Å². The van der Waals surface area contributed by atoms with Crippen molar-refractivity contribution in [2.75, 3.05) is 5.32 Å². The second-order valence-corrected chi connectivity index (χ2v) is 6.58. The third-order valence-electron chi connectivity index (χ3n) is 3.82. The number of carbonyl (C=O) groups is 1. The van der Waals surface area contributed by atoms with E-state index in [4.69, 9.17) is 18.0 Å². The average molecular weight is 316 g/mol. The molecular weight excluding hydrogens is 300 g/mol. The molecule has 108 valence electrons. The van der Waals surface area contributed by atoms with Gasteiger partial charge in [0, 0.05) is 10.4 Å². The van der Waals surface area contributed by atoms with Gasteiger partial charge in [0.1, 0.15) is 4.99 Å². The number of nitrogens with two attached hydrogens (primary N) is 1. The summed E-state index contributed by atoms with van der Waals surface area (Å²) in [6.07, 6.45) is 3.04. The van der Waals surface area contributed by atoms with E-state index in [1.165, 1.54) is 10.4 Å². The Balaban J connectivity index is 1.84. The largest absolute Gasteiger partial charge is 0.389 e. The number of hydrogen-bond acceptors (Lipinski definition) is 3. The molecule has 3 nitrogen and oxygen atoms in total. The van der Waals surface area contributed by atoms with Gasteiger partial charge in [-0.3, -0.25) is 4.79 Å². The molecule has 0 bridgehead atoms. The van der Waals surface area contributed by atoms with Crippen LogP contribution in [0.4, 0.5) is 5.69 Å². The maximum Gasteiger partial charge on any atom is 0.231 e. The Morgan fingerprint density at radius 2 is 2.14 bits per heavy atom. The molecule has 2 aromatic rings. The number of carbonyl (C=O) groups excluding carboxylic acids is 1. The molecule has 21 heavy (non-hydrogen) atoms. The molecule has 1 aliphatic carbocycles. The second kappa shape index (κ2) is 5.95. The van der Waals surface area contributed by atoms with Gasteiger partial charge in [-0.15, -0.1) is 11.3 Å². The third-order valence-corrected chi connectivity index (χ3v) is 5.04. The summed E-state index contributed by atoms with van der Waals surface area (Å²) in [5, 5.41) is 5.06. The monoisotopic (exact) mass is 316 g/mol. The van der Waals surface area contributed by atoms with Crippen molar-refractivity contribution in [3.05, 3.63) is 51.7 Å². The predicted octanol–water partition coefficient (Wildman–Crippen LogP) is 3.44. The topological polar surface area (TPSA) is 55.1 Å². The van der Waals surface area contributed by atoms with Crippen molar-refractivity contribution in [2.45, 2.75) is 25.2 Å². The minimum Gasteiger partial charge on any atom is -0.389 e. The van der Waals surface area contributed by atoms with Gasteiger partial charge in [0.15, 0.2) is 0 Å². The number of anilines is 1. The first-order valence-corrected chi connectivity index (χ1v) is 8.21. The number of rotatable bonds is 3. The van der Waals surface area contributed by atoms with E-state index >= 15 is 0 Å². The fourth-order valence-corrected chi connectivity index (χ4v) is 3.95. The fourth-order valence-electron chi connectivity index (χ4n) is 2.79. The molecule has 1 aromatic carbocycles. The highest BCUT2D eigenvalue weighted by Crippen LogP contribution is 2.35. The van der Waals surface area contributed by atoms with Crippen LogP contribution in [0.1, 0.15) is 34.8 Å². The van der Waals surface area contributed by atoms with Crippen LogP contribution in [0.3, 0.4) is 0 Å². The van der Waals surface area contributed by atoms with Gasteiger partial charge in [-0.1, -0.05) is 24.4 Å². The molecule has 5 heteroatoms. The number of amides is 1. The summed E-state index contributed by atoms with van der Waals surface area (Å²) in [7, 11) is 0. The molecule has 3 rings (SSSR count). The zero-order valence-corrected chi connectivity index (χ0v) is 13.1. The van der Waals surface area contributed by atoms with Crippen LogP contribution in [0.25, 0.3) is 0 Å². The van der Waals surface area contributed by atoms with Crippen molar-refractivity contribution >= 4 is 40.1 Å². The summed E-state index contributed by atoms with van der Waals surface area (Å²) in [6.45, 7) is 0. The predicted molar refractivity (Wildman–Crippen MR) is 91.0 cm³/mol. The third kappa shape index (κ3) is 2.84. The van der Waals surface area contributed by atoms with E-state index in [0.29, 0.717) is 16.2 Å². The molecule has 0 fully saturated rings.